The Kier molecular flexibility index (Phi) is 7.22. The first kappa shape index (κ1) is 27.6. The number of fused-ring (bicyclic) bond motifs is 2. The van der Waals surface area contributed by atoms with E-state index >= 15 is 0 Å². The van der Waals surface area contributed by atoms with E-state index in [1.54, 1.807) is 13.1 Å². The van der Waals surface area contributed by atoms with Crippen molar-refractivity contribution in [1.29, 1.82) is 0 Å². The molecule has 0 bridgehead atoms. The van der Waals surface area contributed by atoms with E-state index in [2.05, 4.69) is 25.9 Å². The fourth-order valence-electron chi connectivity index (χ4n) is 5.61. The van der Waals surface area contributed by atoms with Crippen LogP contribution < -0.4 is 16.0 Å². The minimum Gasteiger partial charge on any atom is -0.388 e. The first-order valence-electron chi connectivity index (χ1n) is 13.2. The second-order valence-corrected chi connectivity index (χ2v) is 11.3. The van der Waals surface area contributed by atoms with Crippen molar-refractivity contribution >= 4 is 39.2 Å². The van der Waals surface area contributed by atoms with Crippen molar-refractivity contribution in [1.82, 2.24) is 25.3 Å². The molecule has 0 radical (unpaired) electrons. The van der Waals surface area contributed by atoms with Crippen LogP contribution in [0.15, 0.2) is 12.3 Å². The number of hydrogen-bond acceptors (Lipinski definition) is 12. The van der Waals surface area contributed by atoms with Crippen molar-refractivity contribution in [2.75, 3.05) is 30.4 Å². The number of pyridine rings is 1. The van der Waals surface area contributed by atoms with Crippen LogP contribution in [0.4, 0.5) is 11.8 Å². The molecule has 2 saturated carbocycles. The van der Waals surface area contributed by atoms with Crippen LogP contribution in [0.3, 0.4) is 0 Å². The number of rotatable bonds is 10. The van der Waals surface area contributed by atoms with E-state index in [9.17, 15) is 20.1 Å². The van der Waals surface area contributed by atoms with Gasteiger partial charge in [0.2, 0.25) is 5.95 Å². The first-order valence-corrected chi connectivity index (χ1v) is 14.0. The molecule has 0 spiro atoms. The van der Waals surface area contributed by atoms with Crippen LogP contribution in [0.5, 0.6) is 0 Å². The van der Waals surface area contributed by atoms with E-state index in [1.165, 1.54) is 11.3 Å². The number of carbonyl (C=O) groups excluding carboxylic acids is 1. The van der Waals surface area contributed by atoms with E-state index in [-0.39, 0.29) is 12.5 Å². The number of aliphatic hydroxyl groups is 3. The molecule has 0 aliphatic heterocycles. The summed E-state index contributed by atoms with van der Waals surface area (Å²) in [5.74, 6) is -0.689. The average Bonchev–Trinajstić information content (AvgIpc) is 3.17. The maximum absolute atomic E-state index is 12.5. The largest absolute Gasteiger partial charge is 0.388 e. The fourth-order valence-corrected chi connectivity index (χ4v) is 6.72. The summed E-state index contributed by atoms with van der Waals surface area (Å²) in [6, 6.07) is 1.18. The lowest BCUT2D eigenvalue weighted by molar-refractivity contribution is -0.142. The summed E-state index contributed by atoms with van der Waals surface area (Å²) in [6.45, 7) is 10.8. The Morgan fingerprint density at radius 2 is 2.00 bits per heavy atom. The van der Waals surface area contributed by atoms with Crippen molar-refractivity contribution in [2.45, 2.75) is 70.4 Å². The van der Waals surface area contributed by atoms with Crippen LogP contribution in [0.1, 0.15) is 38.6 Å². The van der Waals surface area contributed by atoms with Crippen molar-refractivity contribution in [2.24, 2.45) is 5.92 Å². The minimum atomic E-state index is -2.02. The van der Waals surface area contributed by atoms with Gasteiger partial charge < -0.3 is 36.0 Å². The molecule has 0 aromatic carbocycles. The number of ether oxygens (including phenoxy) is 1. The predicted octanol–water partition coefficient (Wildman–Crippen LogP) is 1.38. The van der Waals surface area contributed by atoms with Crippen LogP contribution in [-0.2, 0) is 9.53 Å². The van der Waals surface area contributed by atoms with Crippen LogP contribution in [0.2, 0.25) is 0 Å². The number of nitrogens with zero attached hydrogens (tertiary/aromatic N) is 4. The SMILES string of the molecule is CCNC(=O)C1(O)[C@H]2C[C@@H](Nc3nc(N[C@H](C)COCC)nc(C)c3-c3nc4c(C)nccc4s3)[C@H](O)[C@]21O. The Labute approximate surface area is 230 Å². The lowest BCUT2D eigenvalue weighted by Crippen LogP contribution is -2.52. The smallest absolute Gasteiger partial charge is 0.255 e. The molecule has 6 atom stereocenters. The molecule has 1 amide bonds. The Morgan fingerprint density at radius 3 is 2.64 bits per heavy atom. The summed E-state index contributed by atoms with van der Waals surface area (Å²) in [5.41, 5.74) is -1.04. The van der Waals surface area contributed by atoms with Gasteiger partial charge in [-0.25, -0.2) is 9.97 Å². The summed E-state index contributed by atoms with van der Waals surface area (Å²) in [6.07, 6.45) is 0.501. The molecule has 6 N–H and O–H groups in total. The number of aromatic nitrogens is 4. The Bertz CT molecular complexity index is 1400. The van der Waals surface area contributed by atoms with E-state index in [1.807, 2.05) is 33.8 Å². The van der Waals surface area contributed by atoms with Crippen molar-refractivity contribution in [3.05, 3.63) is 23.7 Å². The van der Waals surface area contributed by atoms with Gasteiger partial charge in [-0.05, 0) is 47.1 Å². The van der Waals surface area contributed by atoms with Gasteiger partial charge in [-0.2, -0.15) is 4.98 Å². The van der Waals surface area contributed by atoms with E-state index < -0.39 is 35.2 Å². The number of thiazole rings is 1. The van der Waals surface area contributed by atoms with Crippen LogP contribution in [-0.4, -0.2) is 90.3 Å². The van der Waals surface area contributed by atoms with E-state index in [0.29, 0.717) is 47.8 Å². The molecular weight excluding hydrogens is 522 g/mol. The third-order valence-electron chi connectivity index (χ3n) is 7.63. The van der Waals surface area contributed by atoms with Crippen molar-refractivity contribution < 1.29 is 24.9 Å². The quantitative estimate of drug-likeness (QED) is 0.212. The number of hydrogen-bond donors (Lipinski definition) is 6. The zero-order valence-corrected chi connectivity index (χ0v) is 23.5. The van der Waals surface area contributed by atoms with Crippen LogP contribution in [0, 0.1) is 19.8 Å². The number of anilines is 2. The highest BCUT2D eigenvalue weighted by Crippen LogP contribution is 2.64. The minimum absolute atomic E-state index is 0.0586. The highest BCUT2D eigenvalue weighted by atomic mass is 32.1. The second-order valence-electron chi connectivity index (χ2n) is 10.3. The summed E-state index contributed by atoms with van der Waals surface area (Å²) in [5, 5.41) is 42.9. The van der Waals surface area contributed by atoms with Gasteiger partial charge in [-0.1, -0.05) is 0 Å². The first-order chi connectivity index (χ1) is 18.6. The molecule has 2 aliphatic rings. The second kappa shape index (κ2) is 10.2. The zero-order chi connectivity index (χ0) is 28.1. The van der Waals surface area contributed by atoms with Gasteiger partial charge in [0.05, 0.1) is 34.3 Å². The van der Waals surface area contributed by atoms with Crippen molar-refractivity contribution in [3.8, 4) is 10.6 Å². The van der Waals surface area contributed by atoms with Gasteiger partial charge >= 0.3 is 0 Å². The molecule has 3 aromatic heterocycles. The molecule has 39 heavy (non-hydrogen) atoms. The van der Waals surface area contributed by atoms with E-state index in [4.69, 9.17) is 14.7 Å². The zero-order valence-electron chi connectivity index (χ0n) is 22.6. The predicted molar refractivity (Wildman–Crippen MR) is 148 cm³/mol. The molecular formula is C26H35N7O5S. The Hall–Kier alpha value is -2.97. The van der Waals surface area contributed by atoms with Gasteiger partial charge in [-0.3, -0.25) is 9.78 Å². The maximum atomic E-state index is 12.5. The summed E-state index contributed by atoms with van der Waals surface area (Å²) in [7, 11) is 0. The number of carbonyl (C=O) groups is 1. The normalized spacial score (nSPS) is 28.3. The fraction of sp³-hybridized carbons (Fsp3) is 0.577. The molecule has 12 nitrogen and oxygen atoms in total. The summed E-state index contributed by atoms with van der Waals surface area (Å²) in [4.78, 5) is 31.1. The molecule has 5 rings (SSSR count). The average molecular weight is 558 g/mol. The number of amides is 1. The van der Waals surface area contributed by atoms with Gasteiger partial charge in [0.1, 0.15) is 28.0 Å². The summed E-state index contributed by atoms with van der Waals surface area (Å²) < 4.78 is 6.48. The van der Waals surface area contributed by atoms with Gasteiger partial charge in [0.25, 0.3) is 5.91 Å². The Balaban J connectivity index is 1.49. The monoisotopic (exact) mass is 557 g/mol. The molecule has 0 saturated heterocycles. The highest BCUT2D eigenvalue weighted by molar-refractivity contribution is 7.21. The van der Waals surface area contributed by atoms with Gasteiger partial charge in [-0.15, -0.1) is 11.3 Å². The topological polar surface area (TPSA) is 175 Å². The van der Waals surface area contributed by atoms with Crippen LogP contribution in [0.25, 0.3) is 20.8 Å². The van der Waals surface area contributed by atoms with E-state index in [0.717, 1.165) is 15.9 Å². The number of likely N-dealkylation sites (N-methyl/N-ethyl adjacent to an activating group) is 1. The van der Waals surface area contributed by atoms with Gasteiger partial charge in [0, 0.05) is 31.3 Å². The molecule has 13 heteroatoms. The molecule has 3 aromatic rings. The number of aliphatic hydroxyl groups excluding tert-OH is 1. The van der Waals surface area contributed by atoms with Gasteiger partial charge in [0.15, 0.2) is 5.60 Å². The van der Waals surface area contributed by atoms with Crippen molar-refractivity contribution in [3.63, 3.8) is 0 Å². The molecule has 1 unspecified atom stereocenters. The highest BCUT2D eigenvalue weighted by Gasteiger charge is 2.87. The third-order valence-corrected chi connectivity index (χ3v) is 8.67. The molecule has 3 heterocycles. The van der Waals surface area contributed by atoms with Crippen LogP contribution >= 0.6 is 11.3 Å². The summed E-state index contributed by atoms with van der Waals surface area (Å²) >= 11 is 1.48. The lowest BCUT2D eigenvalue weighted by Gasteiger charge is -2.28. The molecule has 210 valence electrons. The number of nitrogens with one attached hydrogen (secondary N) is 3. The lowest BCUT2D eigenvalue weighted by atomic mass is 9.99. The standard InChI is InChI=1S/C26H35N7O5S/c1-6-27-23(35)26(37)17-10-15(20(34)25(17,26)36)31-21-18(22-32-19-14(5)28-9-8-16(19)39-22)13(4)30-24(33-21)29-12(3)11-38-7-2/h8-9,12,15,17,20,34,36-37H,6-7,10-11H2,1-5H3,(H,27,35)(H2,29,30,31,33)/t12-,15-,17+,20+,25-,26?/m1/s1. The number of aryl methyl sites for hydroxylation is 2. The molecule has 2 aliphatic carbocycles. The Morgan fingerprint density at radius 1 is 1.23 bits per heavy atom. The maximum Gasteiger partial charge on any atom is 0.255 e. The molecule has 2 fully saturated rings. The third kappa shape index (κ3) is 4.42.